The van der Waals surface area contributed by atoms with Crippen LogP contribution in [0.1, 0.15) is 44.2 Å². The molecule has 0 fully saturated rings. The van der Waals surface area contributed by atoms with Crippen molar-refractivity contribution in [3.05, 3.63) is 66.1 Å². The molecule has 1 heterocycles. The van der Waals surface area contributed by atoms with Gasteiger partial charge in [0.25, 0.3) is 0 Å². The van der Waals surface area contributed by atoms with E-state index in [0.717, 1.165) is 23.3 Å². The standard InChI is InChI=1S/C23H27N3O3/c1-4-16(2)21(24-20(27)14-13-17-9-6-5-7-10-17)23-25-22(26-29-23)18-11-8-12-19(15-18)28-3/h5-12,15-16,21H,4,13-14H2,1-3H3,(H,24,27). The molecule has 29 heavy (non-hydrogen) atoms. The number of carbonyl (C=O) groups excluding carboxylic acids is 1. The van der Waals surface area contributed by atoms with Crippen molar-refractivity contribution in [2.24, 2.45) is 5.92 Å². The normalized spacial score (nSPS) is 12.9. The van der Waals surface area contributed by atoms with Crippen LogP contribution in [0.15, 0.2) is 59.1 Å². The van der Waals surface area contributed by atoms with E-state index in [-0.39, 0.29) is 17.9 Å². The Labute approximate surface area is 171 Å². The molecule has 2 aromatic carbocycles. The first-order valence-corrected chi connectivity index (χ1v) is 9.92. The molecule has 3 rings (SSSR count). The van der Waals surface area contributed by atoms with Gasteiger partial charge in [0, 0.05) is 12.0 Å². The molecule has 1 N–H and O–H groups in total. The van der Waals surface area contributed by atoms with E-state index >= 15 is 0 Å². The van der Waals surface area contributed by atoms with Crippen LogP contribution in [0, 0.1) is 5.92 Å². The Bertz CT molecular complexity index is 924. The summed E-state index contributed by atoms with van der Waals surface area (Å²) in [7, 11) is 1.62. The van der Waals surface area contributed by atoms with E-state index in [1.54, 1.807) is 7.11 Å². The van der Waals surface area contributed by atoms with Gasteiger partial charge < -0.3 is 14.6 Å². The summed E-state index contributed by atoms with van der Waals surface area (Å²) in [5.41, 5.74) is 1.94. The molecule has 0 spiro atoms. The van der Waals surface area contributed by atoms with Crippen molar-refractivity contribution in [3.8, 4) is 17.1 Å². The van der Waals surface area contributed by atoms with Gasteiger partial charge in [0.1, 0.15) is 11.8 Å². The van der Waals surface area contributed by atoms with Gasteiger partial charge in [-0.05, 0) is 30.0 Å². The van der Waals surface area contributed by atoms with Crippen molar-refractivity contribution < 1.29 is 14.1 Å². The van der Waals surface area contributed by atoms with Gasteiger partial charge in [-0.15, -0.1) is 0 Å². The second-order valence-corrected chi connectivity index (χ2v) is 7.10. The van der Waals surface area contributed by atoms with E-state index in [1.165, 1.54) is 0 Å². The quantitative estimate of drug-likeness (QED) is 0.576. The van der Waals surface area contributed by atoms with Crippen molar-refractivity contribution >= 4 is 5.91 Å². The number of ether oxygens (including phenoxy) is 1. The number of nitrogens with one attached hydrogen (secondary N) is 1. The van der Waals surface area contributed by atoms with Crippen LogP contribution in [0.5, 0.6) is 5.75 Å². The first kappa shape index (κ1) is 20.6. The van der Waals surface area contributed by atoms with Crippen molar-refractivity contribution in [1.82, 2.24) is 15.5 Å². The number of nitrogens with zero attached hydrogens (tertiary/aromatic N) is 2. The van der Waals surface area contributed by atoms with Crippen molar-refractivity contribution in [2.75, 3.05) is 7.11 Å². The average Bonchev–Trinajstić information content (AvgIpc) is 3.26. The van der Waals surface area contributed by atoms with Crippen LogP contribution in [0.3, 0.4) is 0 Å². The number of benzene rings is 2. The van der Waals surface area contributed by atoms with E-state index in [0.29, 0.717) is 24.6 Å². The lowest BCUT2D eigenvalue weighted by Gasteiger charge is -2.20. The largest absolute Gasteiger partial charge is 0.497 e. The Morgan fingerprint density at radius 3 is 2.69 bits per heavy atom. The van der Waals surface area contributed by atoms with Crippen LogP contribution in [0.2, 0.25) is 0 Å². The second kappa shape index (κ2) is 9.87. The maximum Gasteiger partial charge on any atom is 0.249 e. The van der Waals surface area contributed by atoms with E-state index in [2.05, 4.69) is 29.3 Å². The zero-order valence-electron chi connectivity index (χ0n) is 17.1. The summed E-state index contributed by atoms with van der Waals surface area (Å²) in [6.45, 7) is 4.14. The molecule has 0 aliphatic carbocycles. The fraction of sp³-hybridized carbons (Fsp3) is 0.348. The number of aryl methyl sites for hydroxylation is 1. The van der Waals surface area contributed by atoms with Gasteiger partial charge in [0.2, 0.25) is 17.6 Å². The lowest BCUT2D eigenvalue weighted by molar-refractivity contribution is -0.122. The molecule has 1 amide bonds. The molecule has 2 unspecified atom stereocenters. The molecule has 152 valence electrons. The summed E-state index contributed by atoms with van der Waals surface area (Å²) in [6, 6.07) is 17.1. The molecular formula is C23H27N3O3. The third-order valence-electron chi connectivity index (χ3n) is 5.05. The Morgan fingerprint density at radius 2 is 1.97 bits per heavy atom. The van der Waals surface area contributed by atoms with E-state index in [4.69, 9.17) is 9.26 Å². The minimum Gasteiger partial charge on any atom is -0.497 e. The summed E-state index contributed by atoms with van der Waals surface area (Å²) in [5.74, 6) is 1.76. The number of hydrogen-bond acceptors (Lipinski definition) is 5. The Balaban J connectivity index is 1.71. The summed E-state index contributed by atoms with van der Waals surface area (Å²) in [5, 5.41) is 7.19. The van der Waals surface area contributed by atoms with Crippen molar-refractivity contribution in [3.63, 3.8) is 0 Å². The number of carbonyl (C=O) groups is 1. The lowest BCUT2D eigenvalue weighted by Crippen LogP contribution is -2.32. The van der Waals surface area contributed by atoms with Gasteiger partial charge in [-0.25, -0.2) is 0 Å². The first-order valence-electron chi connectivity index (χ1n) is 9.92. The number of aromatic nitrogens is 2. The number of amides is 1. The van der Waals surface area contributed by atoms with Crippen molar-refractivity contribution in [2.45, 2.75) is 39.2 Å². The number of rotatable bonds is 9. The second-order valence-electron chi connectivity index (χ2n) is 7.10. The van der Waals surface area contributed by atoms with Gasteiger partial charge in [0.05, 0.1) is 7.11 Å². The SMILES string of the molecule is CCC(C)C(NC(=O)CCc1ccccc1)c1nc(-c2cccc(OC)c2)no1. The van der Waals surface area contributed by atoms with Gasteiger partial charge >= 0.3 is 0 Å². The third-order valence-corrected chi connectivity index (χ3v) is 5.05. The van der Waals surface area contributed by atoms with Crippen molar-refractivity contribution in [1.29, 1.82) is 0 Å². The van der Waals surface area contributed by atoms with Crippen LogP contribution < -0.4 is 10.1 Å². The molecule has 0 saturated heterocycles. The molecule has 0 aliphatic heterocycles. The maximum atomic E-state index is 12.6. The highest BCUT2D eigenvalue weighted by Crippen LogP contribution is 2.27. The molecule has 6 heteroatoms. The fourth-order valence-corrected chi connectivity index (χ4v) is 3.07. The summed E-state index contributed by atoms with van der Waals surface area (Å²) < 4.78 is 10.8. The zero-order valence-corrected chi connectivity index (χ0v) is 17.1. The Hall–Kier alpha value is -3.15. The molecule has 3 aromatic rings. The molecular weight excluding hydrogens is 366 g/mol. The highest BCUT2D eigenvalue weighted by molar-refractivity contribution is 5.76. The Kier molecular flexibility index (Phi) is 7.00. The van der Waals surface area contributed by atoms with E-state index in [1.807, 2.05) is 54.6 Å². The van der Waals surface area contributed by atoms with Gasteiger partial charge in [-0.3, -0.25) is 4.79 Å². The molecule has 6 nitrogen and oxygen atoms in total. The third kappa shape index (κ3) is 5.44. The summed E-state index contributed by atoms with van der Waals surface area (Å²) in [4.78, 5) is 17.1. The molecule has 2 atom stereocenters. The van der Waals surface area contributed by atoms with Crippen LogP contribution in [0.4, 0.5) is 0 Å². The molecule has 0 saturated carbocycles. The smallest absolute Gasteiger partial charge is 0.249 e. The average molecular weight is 393 g/mol. The highest BCUT2D eigenvalue weighted by Gasteiger charge is 2.26. The molecule has 0 radical (unpaired) electrons. The van der Waals surface area contributed by atoms with Crippen LogP contribution >= 0.6 is 0 Å². The van der Waals surface area contributed by atoms with E-state index in [9.17, 15) is 4.79 Å². The summed E-state index contributed by atoms with van der Waals surface area (Å²) >= 11 is 0. The first-order chi connectivity index (χ1) is 14.1. The van der Waals surface area contributed by atoms with Gasteiger partial charge in [-0.1, -0.05) is 67.9 Å². The Morgan fingerprint density at radius 1 is 1.17 bits per heavy atom. The zero-order chi connectivity index (χ0) is 20.6. The topological polar surface area (TPSA) is 77.2 Å². The molecule has 0 bridgehead atoms. The van der Waals surface area contributed by atoms with E-state index < -0.39 is 0 Å². The lowest BCUT2D eigenvalue weighted by atomic mass is 9.98. The minimum absolute atomic E-state index is 0.0275. The van der Waals surface area contributed by atoms with Crippen LogP contribution in [-0.4, -0.2) is 23.2 Å². The molecule has 0 aliphatic rings. The van der Waals surface area contributed by atoms with Gasteiger partial charge in [-0.2, -0.15) is 4.98 Å². The predicted molar refractivity (Wildman–Crippen MR) is 111 cm³/mol. The summed E-state index contributed by atoms with van der Waals surface area (Å²) in [6.07, 6.45) is 1.98. The minimum atomic E-state index is -0.324. The maximum absolute atomic E-state index is 12.6. The van der Waals surface area contributed by atoms with Gasteiger partial charge in [0.15, 0.2) is 0 Å². The molecule has 1 aromatic heterocycles. The number of hydrogen-bond donors (Lipinski definition) is 1. The number of methoxy groups -OCH3 is 1. The predicted octanol–water partition coefficient (Wildman–Crippen LogP) is 4.58. The highest BCUT2D eigenvalue weighted by atomic mass is 16.5. The van der Waals surface area contributed by atoms with Crippen LogP contribution in [0.25, 0.3) is 11.4 Å². The van der Waals surface area contributed by atoms with Crippen LogP contribution in [-0.2, 0) is 11.2 Å². The monoisotopic (exact) mass is 393 g/mol. The fourth-order valence-electron chi connectivity index (χ4n) is 3.07.